The fourth-order valence-electron chi connectivity index (χ4n) is 1.10. The molecular formula is C10H23NO2. The molecule has 0 unspecified atom stereocenters. The van der Waals surface area contributed by atoms with Gasteiger partial charge in [-0.3, -0.25) is 0 Å². The van der Waals surface area contributed by atoms with Gasteiger partial charge in [-0.05, 0) is 26.4 Å². The van der Waals surface area contributed by atoms with Crippen LogP contribution in [0.2, 0.25) is 0 Å². The molecule has 0 heterocycles. The summed E-state index contributed by atoms with van der Waals surface area (Å²) < 4.78 is 10.2. The molecule has 0 radical (unpaired) electrons. The smallest absolute Gasteiger partial charge is 0.0700 e. The number of unbranched alkanes of at least 4 members (excludes halogenated alkanes) is 3. The number of rotatable bonds is 10. The maximum absolute atomic E-state index is 5.34. The molecule has 0 aliphatic rings. The minimum atomic E-state index is 0.708. The van der Waals surface area contributed by atoms with Crippen LogP contribution in [0.5, 0.6) is 0 Å². The summed E-state index contributed by atoms with van der Waals surface area (Å²) >= 11 is 0. The summed E-state index contributed by atoms with van der Waals surface area (Å²) in [6.07, 6.45) is 5.02. The Balaban J connectivity index is 2.76. The minimum Gasteiger partial charge on any atom is -0.382 e. The molecule has 0 saturated heterocycles. The molecule has 0 atom stereocenters. The molecular weight excluding hydrogens is 166 g/mol. The van der Waals surface area contributed by atoms with Gasteiger partial charge in [-0.15, -0.1) is 0 Å². The Hall–Kier alpha value is -0.120. The van der Waals surface area contributed by atoms with E-state index in [1.807, 2.05) is 7.05 Å². The Morgan fingerprint density at radius 1 is 0.923 bits per heavy atom. The first-order chi connectivity index (χ1) is 6.41. The summed E-state index contributed by atoms with van der Waals surface area (Å²) in [5.74, 6) is 0. The molecule has 3 nitrogen and oxygen atoms in total. The maximum atomic E-state index is 5.34. The highest BCUT2D eigenvalue weighted by atomic mass is 16.5. The number of hydrogen-bond donors (Lipinski definition) is 1. The molecule has 0 saturated carbocycles. The van der Waals surface area contributed by atoms with Gasteiger partial charge >= 0.3 is 0 Å². The zero-order valence-corrected chi connectivity index (χ0v) is 8.97. The zero-order valence-electron chi connectivity index (χ0n) is 8.97. The van der Waals surface area contributed by atoms with Crippen LogP contribution in [0.15, 0.2) is 0 Å². The van der Waals surface area contributed by atoms with Gasteiger partial charge in [0.05, 0.1) is 13.2 Å². The van der Waals surface area contributed by atoms with Crippen molar-refractivity contribution in [2.45, 2.75) is 25.7 Å². The van der Waals surface area contributed by atoms with E-state index in [0.29, 0.717) is 6.61 Å². The van der Waals surface area contributed by atoms with Crippen LogP contribution in [-0.2, 0) is 9.47 Å². The Kier molecular flexibility index (Phi) is 11.8. The van der Waals surface area contributed by atoms with Crippen LogP contribution >= 0.6 is 0 Å². The second-order valence-electron chi connectivity index (χ2n) is 3.12. The van der Waals surface area contributed by atoms with Crippen LogP contribution in [0.1, 0.15) is 25.7 Å². The van der Waals surface area contributed by atoms with E-state index in [9.17, 15) is 0 Å². The predicted molar refractivity (Wildman–Crippen MR) is 55.1 cm³/mol. The Morgan fingerprint density at radius 2 is 1.69 bits per heavy atom. The van der Waals surface area contributed by atoms with Gasteiger partial charge in [-0.25, -0.2) is 0 Å². The van der Waals surface area contributed by atoms with Gasteiger partial charge in [-0.2, -0.15) is 0 Å². The quantitative estimate of drug-likeness (QED) is 0.527. The van der Waals surface area contributed by atoms with Gasteiger partial charge in [0, 0.05) is 13.7 Å². The minimum absolute atomic E-state index is 0.708. The summed E-state index contributed by atoms with van der Waals surface area (Å²) in [5, 5.41) is 3.14. The van der Waals surface area contributed by atoms with Gasteiger partial charge in [0.1, 0.15) is 0 Å². The van der Waals surface area contributed by atoms with Crippen LogP contribution in [0.4, 0.5) is 0 Å². The lowest BCUT2D eigenvalue weighted by molar-refractivity contribution is 0.0686. The van der Waals surface area contributed by atoms with E-state index < -0.39 is 0 Å². The van der Waals surface area contributed by atoms with Crippen molar-refractivity contribution in [1.82, 2.24) is 5.32 Å². The Bertz CT molecular complexity index is 79.0. The SMILES string of the molecule is CNCCCCCCOCCOC. The molecule has 80 valence electrons. The summed E-state index contributed by atoms with van der Waals surface area (Å²) in [5.41, 5.74) is 0. The maximum Gasteiger partial charge on any atom is 0.0700 e. The molecule has 0 aromatic carbocycles. The Labute approximate surface area is 81.8 Å². The average Bonchev–Trinajstić information content (AvgIpc) is 2.16. The lowest BCUT2D eigenvalue weighted by Gasteiger charge is -2.03. The van der Waals surface area contributed by atoms with Crippen LogP contribution in [0.25, 0.3) is 0 Å². The van der Waals surface area contributed by atoms with Gasteiger partial charge in [0.15, 0.2) is 0 Å². The highest BCUT2D eigenvalue weighted by molar-refractivity contribution is 4.44. The van der Waals surface area contributed by atoms with Crippen molar-refractivity contribution in [3.63, 3.8) is 0 Å². The summed E-state index contributed by atoms with van der Waals surface area (Å²) in [4.78, 5) is 0. The largest absolute Gasteiger partial charge is 0.382 e. The monoisotopic (exact) mass is 189 g/mol. The molecule has 0 aromatic rings. The first-order valence-electron chi connectivity index (χ1n) is 5.13. The molecule has 0 fully saturated rings. The third kappa shape index (κ3) is 11.9. The van der Waals surface area contributed by atoms with Crippen molar-refractivity contribution in [3.8, 4) is 0 Å². The zero-order chi connectivity index (χ0) is 9.78. The second kappa shape index (κ2) is 11.9. The summed E-state index contributed by atoms with van der Waals surface area (Å²) in [6.45, 7) is 3.44. The molecule has 0 aliphatic carbocycles. The van der Waals surface area contributed by atoms with E-state index in [0.717, 1.165) is 19.8 Å². The number of nitrogens with one attached hydrogen (secondary N) is 1. The highest BCUT2D eigenvalue weighted by Crippen LogP contribution is 1.98. The first kappa shape index (κ1) is 12.9. The highest BCUT2D eigenvalue weighted by Gasteiger charge is 1.90. The van der Waals surface area contributed by atoms with Gasteiger partial charge in [-0.1, -0.05) is 12.8 Å². The third-order valence-corrected chi connectivity index (χ3v) is 1.90. The van der Waals surface area contributed by atoms with Crippen LogP contribution < -0.4 is 5.32 Å². The van der Waals surface area contributed by atoms with Crippen molar-refractivity contribution in [2.75, 3.05) is 40.5 Å². The third-order valence-electron chi connectivity index (χ3n) is 1.90. The van der Waals surface area contributed by atoms with E-state index in [1.165, 1.54) is 25.7 Å². The molecule has 0 aliphatic heterocycles. The van der Waals surface area contributed by atoms with Gasteiger partial charge in [0.25, 0.3) is 0 Å². The standard InChI is InChI=1S/C10H23NO2/c1-11-7-5-3-4-6-8-13-10-9-12-2/h11H,3-10H2,1-2H3. The lowest BCUT2D eigenvalue weighted by atomic mass is 10.2. The van der Waals surface area contributed by atoms with Crippen molar-refractivity contribution in [2.24, 2.45) is 0 Å². The first-order valence-corrected chi connectivity index (χ1v) is 5.13. The van der Waals surface area contributed by atoms with E-state index >= 15 is 0 Å². The summed E-state index contributed by atoms with van der Waals surface area (Å²) in [7, 11) is 3.69. The fraction of sp³-hybridized carbons (Fsp3) is 1.00. The molecule has 0 aromatic heterocycles. The van der Waals surface area contributed by atoms with Crippen molar-refractivity contribution >= 4 is 0 Å². The fourth-order valence-corrected chi connectivity index (χ4v) is 1.10. The molecule has 1 N–H and O–H groups in total. The molecule has 13 heavy (non-hydrogen) atoms. The molecule has 0 rings (SSSR count). The predicted octanol–water partition coefficient (Wildman–Crippen LogP) is 1.43. The van der Waals surface area contributed by atoms with E-state index in [2.05, 4.69) is 5.32 Å². The van der Waals surface area contributed by atoms with Crippen molar-refractivity contribution in [3.05, 3.63) is 0 Å². The van der Waals surface area contributed by atoms with Crippen molar-refractivity contribution < 1.29 is 9.47 Å². The van der Waals surface area contributed by atoms with Crippen LogP contribution in [0, 0.1) is 0 Å². The van der Waals surface area contributed by atoms with E-state index in [1.54, 1.807) is 7.11 Å². The average molecular weight is 189 g/mol. The van der Waals surface area contributed by atoms with Gasteiger partial charge < -0.3 is 14.8 Å². The lowest BCUT2D eigenvalue weighted by Crippen LogP contribution is -2.07. The second-order valence-corrected chi connectivity index (χ2v) is 3.12. The normalized spacial score (nSPS) is 10.6. The van der Waals surface area contributed by atoms with Crippen molar-refractivity contribution in [1.29, 1.82) is 0 Å². The van der Waals surface area contributed by atoms with Gasteiger partial charge in [0.2, 0.25) is 0 Å². The number of methoxy groups -OCH3 is 1. The molecule has 3 heteroatoms. The molecule has 0 spiro atoms. The summed E-state index contributed by atoms with van der Waals surface area (Å²) in [6, 6.07) is 0. The van der Waals surface area contributed by atoms with E-state index in [4.69, 9.17) is 9.47 Å². The molecule has 0 amide bonds. The topological polar surface area (TPSA) is 30.5 Å². The molecule has 0 bridgehead atoms. The van der Waals surface area contributed by atoms with E-state index in [-0.39, 0.29) is 0 Å². The van der Waals surface area contributed by atoms with Crippen LogP contribution in [0.3, 0.4) is 0 Å². The van der Waals surface area contributed by atoms with Crippen LogP contribution in [-0.4, -0.2) is 40.5 Å². The number of ether oxygens (including phenoxy) is 2. The Morgan fingerprint density at radius 3 is 2.38 bits per heavy atom. The number of hydrogen-bond acceptors (Lipinski definition) is 3.